The predicted octanol–water partition coefficient (Wildman–Crippen LogP) is 5.56. The van der Waals surface area contributed by atoms with Gasteiger partial charge >= 0.3 is 24.4 Å². The highest BCUT2D eigenvalue weighted by atomic mass is 19.4. The predicted molar refractivity (Wildman–Crippen MR) is 121 cm³/mol. The van der Waals surface area contributed by atoms with Gasteiger partial charge in [0.15, 0.2) is 0 Å². The minimum absolute atomic E-state index is 0.0529. The molecule has 0 radical (unpaired) electrons. The van der Waals surface area contributed by atoms with Gasteiger partial charge in [0, 0.05) is 18.8 Å². The van der Waals surface area contributed by atoms with Crippen molar-refractivity contribution in [1.29, 1.82) is 0 Å². The van der Waals surface area contributed by atoms with E-state index in [1.54, 1.807) is 30.3 Å². The Balaban J connectivity index is 1.65. The number of likely N-dealkylation sites (tertiary alicyclic amines) is 1. The van der Waals surface area contributed by atoms with Gasteiger partial charge in [-0.1, -0.05) is 30.3 Å². The first-order chi connectivity index (χ1) is 17.8. The maximum atomic E-state index is 13.3. The lowest BCUT2D eigenvalue weighted by Gasteiger charge is -2.41. The van der Waals surface area contributed by atoms with Crippen LogP contribution in [-0.2, 0) is 23.7 Å². The number of quaternary nitrogens is 1. The number of rotatable bonds is 4. The SMILES string of the molecule is NC(=O)[N@@+]1(C(=O)n2ccnc2)CCC(OCc2cc(C(F)(F)F)cc(C(F)(F)F)c2)[C@H](c2ccccc2)C1. The molecule has 3 atom stereocenters. The Morgan fingerprint density at radius 3 is 2.18 bits per heavy atom. The number of urea groups is 1. The van der Waals surface area contributed by atoms with Gasteiger partial charge in [-0.3, -0.25) is 0 Å². The number of hydrogen-bond acceptors (Lipinski definition) is 4. The Labute approximate surface area is 213 Å². The van der Waals surface area contributed by atoms with E-state index in [0.717, 1.165) is 4.57 Å². The lowest BCUT2D eigenvalue weighted by atomic mass is 9.86. The summed E-state index contributed by atoms with van der Waals surface area (Å²) < 4.78 is 85.9. The van der Waals surface area contributed by atoms with Crippen LogP contribution in [0.5, 0.6) is 0 Å². The first-order valence-electron chi connectivity index (χ1n) is 11.5. The van der Waals surface area contributed by atoms with E-state index in [-0.39, 0.29) is 31.1 Å². The number of ether oxygens (including phenoxy) is 1. The molecule has 7 nitrogen and oxygen atoms in total. The summed E-state index contributed by atoms with van der Waals surface area (Å²) in [5.41, 5.74) is 3.17. The number of amides is 3. The largest absolute Gasteiger partial charge is 0.437 e. The number of carbonyl (C=O) groups is 2. The molecule has 1 fully saturated rings. The lowest BCUT2D eigenvalue weighted by Crippen LogP contribution is -2.66. The van der Waals surface area contributed by atoms with Crippen molar-refractivity contribution in [2.45, 2.75) is 37.4 Å². The lowest BCUT2D eigenvalue weighted by molar-refractivity contribution is -0.777. The number of benzene rings is 2. The average Bonchev–Trinajstić information content (AvgIpc) is 3.41. The fourth-order valence-corrected chi connectivity index (χ4v) is 4.68. The van der Waals surface area contributed by atoms with E-state index >= 15 is 0 Å². The van der Waals surface area contributed by atoms with E-state index in [1.807, 2.05) is 0 Å². The molecule has 1 saturated heterocycles. The number of piperidine rings is 1. The zero-order chi connectivity index (χ0) is 27.7. The van der Waals surface area contributed by atoms with Crippen LogP contribution in [0.15, 0.2) is 67.3 Å². The number of alkyl halides is 6. The van der Waals surface area contributed by atoms with Crippen LogP contribution in [0.3, 0.4) is 0 Å². The molecule has 4 rings (SSSR count). The van der Waals surface area contributed by atoms with Gasteiger partial charge in [0.25, 0.3) is 0 Å². The highest BCUT2D eigenvalue weighted by molar-refractivity contribution is 5.83. The van der Waals surface area contributed by atoms with Crippen LogP contribution in [0, 0.1) is 0 Å². The van der Waals surface area contributed by atoms with Crippen molar-refractivity contribution < 1.29 is 45.2 Å². The van der Waals surface area contributed by atoms with Crippen molar-refractivity contribution >= 4 is 12.1 Å². The molecule has 202 valence electrons. The summed E-state index contributed by atoms with van der Waals surface area (Å²) in [6.07, 6.45) is -6.66. The number of halogens is 6. The van der Waals surface area contributed by atoms with Crippen molar-refractivity contribution in [1.82, 2.24) is 9.55 Å². The molecule has 0 bridgehead atoms. The van der Waals surface area contributed by atoms with E-state index in [2.05, 4.69) is 4.98 Å². The second-order valence-electron chi connectivity index (χ2n) is 9.03. The molecule has 1 aromatic heterocycles. The average molecular weight is 541 g/mol. The minimum Gasteiger partial charge on any atom is -0.372 e. The van der Waals surface area contributed by atoms with Crippen LogP contribution < -0.4 is 5.73 Å². The molecule has 2 aromatic carbocycles. The fraction of sp³-hybridized carbons (Fsp3) is 0.320. The Hall–Kier alpha value is -3.71. The number of carbonyl (C=O) groups excluding carboxylic acids is 2. The van der Waals surface area contributed by atoms with Crippen molar-refractivity contribution in [3.63, 3.8) is 0 Å². The van der Waals surface area contributed by atoms with Gasteiger partial charge in [-0.25, -0.2) is 19.1 Å². The van der Waals surface area contributed by atoms with Gasteiger partial charge < -0.3 is 10.5 Å². The van der Waals surface area contributed by atoms with E-state index in [0.29, 0.717) is 17.7 Å². The highest BCUT2D eigenvalue weighted by Crippen LogP contribution is 2.38. The molecule has 0 saturated carbocycles. The molecule has 3 amide bonds. The number of imide groups is 1. The third-order valence-electron chi connectivity index (χ3n) is 6.61. The van der Waals surface area contributed by atoms with E-state index in [9.17, 15) is 35.9 Å². The Kier molecular flexibility index (Phi) is 7.35. The van der Waals surface area contributed by atoms with Crippen LogP contribution in [0.1, 0.15) is 34.6 Å². The maximum Gasteiger partial charge on any atom is 0.437 e. The van der Waals surface area contributed by atoms with Crippen LogP contribution in [-0.4, -0.2) is 45.3 Å². The fourth-order valence-electron chi connectivity index (χ4n) is 4.68. The molecule has 1 aliphatic heterocycles. The first-order valence-corrected chi connectivity index (χ1v) is 11.5. The zero-order valence-electron chi connectivity index (χ0n) is 19.7. The molecule has 3 aromatic rings. The van der Waals surface area contributed by atoms with Gasteiger partial charge in [0.1, 0.15) is 12.9 Å². The molecule has 1 aliphatic rings. The van der Waals surface area contributed by atoms with Crippen LogP contribution in [0.2, 0.25) is 0 Å². The van der Waals surface area contributed by atoms with Crippen LogP contribution >= 0.6 is 0 Å². The van der Waals surface area contributed by atoms with E-state index < -0.39 is 58.7 Å². The molecular weight excluding hydrogens is 518 g/mol. The topological polar surface area (TPSA) is 87.2 Å². The molecule has 2 heterocycles. The Morgan fingerprint density at radius 1 is 1.03 bits per heavy atom. The smallest absolute Gasteiger partial charge is 0.372 e. The van der Waals surface area contributed by atoms with Crippen LogP contribution in [0.25, 0.3) is 0 Å². The Bertz CT molecular complexity index is 1260. The second kappa shape index (κ2) is 10.2. The van der Waals surface area contributed by atoms with Crippen molar-refractivity contribution in [3.05, 3.63) is 89.5 Å². The maximum absolute atomic E-state index is 13.3. The van der Waals surface area contributed by atoms with Crippen molar-refractivity contribution in [3.8, 4) is 0 Å². The summed E-state index contributed by atoms with van der Waals surface area (Å²) in [7, 11) is 0. The first kappa shape index (κ1) is 27.3. The quantitative estimate of drug-likeness (QED) is 0.346. The zero-order valence-corrected chi connectivity index (χ0v) is 19.7. The summed E-state index contributed by atoms with van der Waals surface area (Å²) in [6.45, 7) is -0.763. The summed E-state index contributed by atoms with van der Waals surface area (Å²) in [5.74, 6) is -0.627. The standard InChI is InChI=1S/C25H22F6N4O3/c26-24(27,28)18-10-16(11-19(12-18)25(29,30)31)14-38-21-6-9-35(22(32)36,23(37)34-8-7-33-15-34)13-20(21)17-4-2-1-3-5-17/h1-5,7-8,10-12,15,20-21H,6,9,13-14H2,(H-,32,36)/p+1/t20-,21?,35+/m0/s1. The number of hydrogen-bond donors (Lipinski definition) is 1. The molecule has 13 heteroatoms. The third-order valence-corrected chi connectivity index (χ3v) is 6.61. The van der Waals surface area contributed by atoms with E-state index in [4.69, 9.17) is 10.5 Å². The summed E-state index contributed by atoms with van der Waals surface area (Å²) in [4.78, 5) is 29.7. The summed E-state index contributed by atoms with van der Waals surface area (Å²) in [6, 6.07) is 8.39. The normalized spacial score (nSPS) is 22.3. The highest BCUT2D eigenvalue weighted by Gasteiger charge is 2.52. The number of aromatic nitrogens is 2. The molecule has 38 heavy (non-hydrogen) atoms. The van der Waals surface area contributed by atoms with Gasteiger partial charge in [-0.2, -0.15) is 30.8 Å². The van der Waals surface area contributed by atoms with Gasteiger partial charge in [0.05, 0.1) is 36.3 Å². The second-order valence-corrected chi connectivity index (χ2v) is 9.03. The number of nitrogens with zero attached hydrogens (tertiary/aromatic N) is 3. The van der Waals surface area contributed by atoms with Crippen molar-refractivity contribution in [2.24, 2.45) is 5.73 Å². The van der Waals surface area contributed by atoms with Gasteiger partial charge in [-0.15, -0.1) is 0 Å². The molecule has 0 spiro atoms. The monoisotopic (exact) mass is 541 g/mol. The molecular formula is C25H23F6N4O3+. The third kappa shape index (κ3) is 5.58. The molecule has 2 N–H and O–H groups in total. The summed E-state index contributed by atoms with van der Waals surface area (Å²) >= 11 is 0. The van der Waals surface area contributed by atoms with Crippen molar-refractivity contribution in [2.75, 3.05) is 13.1 Å². The van der Waals surface area contributed by atoms with E-state index in [1.165, 1.54) is 18.7 Å². The number of nitrogens with two attached hydrogens (primary N) is 1. The Morgan fingerprint density at radius 2 is 1.66 bits per heavy atom. The molecule has 0 aliphatic carbocycles. The molecule has 1 unspecified atom stereocenters. The van der Waals surface area contributed by atoms with Crippen LogP contribution in [0.4, 0.5) is 35.9 Å². The minimum atomic E-state index is -4.99. The van der Waals surface area contributed by atoms with Gasteiger partial charge in [0.2, 0.25) is 0 Å². The number of primary amides is 1. The van der Waals surface area contributed by atoms with Gasteiger partial charge in [-0.05, 0) is 29.3 Å². The number of imidazole rings is 1. The summed E-state index contributed by atoms with van der Waals surface area (Å²) in [5, 5.41) is 0.